The number of nitriles is 1. The molecule has 1 heterocycles. The lowest BCUT2D eigenvalue weighted by molar-refractivity contribution is -0.120. The normalized spacial score (nSPS) is 15.1. The van der Waals surface area contributed by atoms with Gasteiger partial charge in [0, 0.05) is 11.3 Å². The van der Waals surface area contributed by atoms with E-state index in [-0.39, 0.29) is 18.3 Å². The third-order valence-electron chi connectivity index (χ3n) is 5.21. The van der Waals surface area contributed by atoms with E-state index in [1.165, 1.54) is 5.01 Å². The first-order valence-electron chi connectivity index (χ1n) is 10.8. The van der Waals surface area contributed by atoms with Crippen LogP contribution in [0.3, 0.4) is 0 Å². The molecule has 4 rings (SSSR count). The van der Waals surface area contributed by atoms with Crippen molar-refractivity contribution in [3.05, 3.63) is 90.0 Å². The first-order chi connectivity index (χ1) is 16.5. The van der Waals surface area contributed by atoms with Crippen molar-refractivity contribution in [3.63, 3.8) is 0 Å². The van der Waals surface area contributed by atoms with Crippen molar-refractivity contribution in [1.82, 2.24) is 5.43 Å². The quantitative estimate of drug-likeness (QED) is 0.568. The first kappa shape index (κ1) is 22.6. The van der Waals surface area contributed by atoms with Crippen LogP contribution < -0.4 is 20.5 Å². The average molecular weight is 454 g/mol. The summed E-state index contributed by atoms with van der Waals surface area (Å²) in [6.07, 6.45) is 0.346. The van der Waals surface area contributed by atoms with Gasteiger partial charge in [-0.05, 0) is 42.8 Å². The number of aliphatic imine (C=N–C) groups is 1. The fraction of sp³-hybridized carbons (Fsp3) is 0.154. The zero-order chi connectivity index (χ0) is 23.9. The second-order valence-electron chi connectivity index (χ2n) is 7.65. The van der Waals surface area contributed by atoms with E-state index >= 15 is 0 Å². The molecule has 34 heavy (non-hydrogen) atoms. The maximum Gasteiger partial charge on any atom is 0.292 e. The third-order valence-corrected chi connectivity index (χ3v) is 5.21. The molecular formula is C26H23N5O3. The van der Waals surface area contributed by atoms with Crippen LogP contribution in [-0.4, -0.2) is 23.7 Å². The maximum absolute atomic E-state index is 13.0. The van der Waals surface area contributed by atoms with Crippen LogP contribution in [0.15, 0.2) is 83.9 Å². The Labute approximate surface area is 197 Å². The Kier molecular flexibility index (Phi) is 6.84. The van der Waals surface area contributed by atoms with Gasteiger partial charge in [-0.2, -0.15) is 5.26 Å². The highest BCUT2D eigenvalue weighted by Gasteiger charge is 2.30. The number of ether oxygens (including phenoxy) is 1. The monoisotopic (exact) mass is 453 g/mol. The highest BCUT2D eigenvalue weighted by atomic mass is 16.5. The Morgan fingerprint density at radius 3 is 2.53 bits per heavy atom. The second kappa shape index (κ2) is 10.3. The second-order valence-corrected chi connectivity index (χ2v) is 7.65. The van der Waals surface area contributed by atoms with E-state index < -0.39 is 11.9 Å². The largest absolute Gasteiger partial charge is 0.489 e. The summed E-state index contributed by atoms with van der Waals surface area (Å²) < 4.78 is 5.87. The van der Waals surface area contributed by atoms with Crippen molar-refractivity contribution in [2.24, 2.45) is 4.99 Å². The summed E-state index contributed by atoms with van der Waals surface area (Å²) in [6.45, 7) is 1.88. The van der Waals surface area contributed by atoms with Gasteiger partial charge in [0.2, 0.25) is 5.84 Å². The third kappa shape index (κ3) is 5.22. The zero-order valence-electron chi connectivity index (χ0n) is 18.6. The van der Waals surface area contributed by atoms with E-state index in [4.69, 9.17) is 10.00 Å². The smallest absolute Gasteiger partial charge is 0.292 e. The molecule has 1 unspecified atom stereocenters. The SMILES string of the molecule is CC1N=C(C(=O)Nc2ccccc2COc2ccc(CC#N)cc2)NN(c2ccccc2)C1=O. The Balaban J connectivity index is 1.45. The van der Waals surface area contributed by atoms with Gasteiger partial charge in [-0.15, -0.1) is 0 Å². The maximum atomic E-state index is 13.0. The van der Waals surface area contributed by atoms with Gasteiger partial charge in [-0.1, -0.05) is 48.5 Å². The molecule has 0 fully saturated rings. The van der Waals surface area contributed by atoms with Gasteiger partial charge in [-0.25, -0.2) is 10.0 Å². The molecule has 0 aliphatic carbocycles. The lowest BCUT2D eigenvalue weighted by Crippen LogP contribution is -2.57. The van der Waals surface area contributed by atoms with E-state index in [1.54, 1.807) is 25.1 Å². The van der Waals surface area contributed by atoms with Crippen molar-refractivity contribution >= 4 is 29.0 Å². The molecule has 3 aromatic carbocycles. The molecule has 1 aliphatic heterocycles. The van der Waals surface area contributed by atoms with E-state index in [0.29, 0.717) is 23.5 Å². The zero-order valence-corrected chi connectivity index (χ0v) is 18.6. The number of hydrazine groups is 1. The van der Waals surface area contributed by atoms with Crippen LogP contribution in [0, 0.1) is 11.3 Å². The number of para-hydroxylation sites is 2. The molecule has 170 valence electrons. The van der Waals surface area contributed by atoms with Crippen LogP contribution in [0.4, 0.5) is 11.4 Å². The number of amides is 2. The fourth-order valence-electron chi connectivity index (χ4n) is 3.41. The fourth-order valence-corrected chi connectivity index (χ4v) is 3.41. The van der Waals surface area contributed by atoms with Gasteiger partial charge in [0.05, 0.1) is 18.2 Å². The molecule has 0 aromatic heterocycles. The molecule has 0 spiro atoms. The number of rotatable bonds is 7. The van der Waals surface area contributed by atoms with Gasteiger partial charge in [0.1, 0.15) is 18.4 Å². The van der Waals surface area contributed by atoms with Crippen LogP contribution in [0.2, 0.25) is 0 Å². The Bertz CT molecular complexity index is 1250. The molecule has 1 atom stereocenters. The lowest BCUT2D eigenvalue weighted by Gasteiger charge is -2.30. The number of carbonyl (C=O) groups excluding carboxylic acids is 2. The highest BCUT2D eigenvalue weighted by molar-refractivity contribution is 6.43. The van der Waals surface area contributed by atoms with Crippen molar-refractivity contribution in [2.45, 2.75) is 26.0 Å². The first-order valence-corrected chi connectivity index (χ1v) is 10.8. The van der Waals surface area contributed by atoms with Crippen LogP contribution in [0.1, 0.15) is 18.1 Å². The molecular weight excluding hydrogens is 430 g/mol. The van der Waals surface area contributed by atoms with Gasteiger partial charge >= 0.3 is 0 Å². The summed E-state index contributed by atoms with van der Waals surface area (Å²) in [6, 6.07) is 25.1. The topological polar surface area (TPSA) is 107 Å². The number of nitrogens with zero attached hydrogens (tertiary/aromatic N) is 3. The van der Waals surface area contributed by atoms with Crippen LogP contribution in [-0.2, 0) is 22.6 Å². The summed E-state index contributed by atoms with van der Waals surface area (Å²) in [4.78, 5) is 29.8. The Hall–Kier alpha value is -4.64. The van der Waals surface area contributed by atoms with E-state index in [1.807, 2.05) is 60.7 Å². The van der Waals surface area contributed by atoms with Crippen molar-refractivity contribution < 1.29 is 14.3 Å². The minimum absolute atomic E-state index is 0.0414. The molecule has 2 amide bonds. The van der Waals surface area contributed by atoms with E-state index in [9.17, 15) is 9.59 Å². The summed E-state index contributed by atoms with van der Waals surface area (Å²) >= 11 is 0. The Morgan fingerprint density at radius 2 is 1.79 bits per heavy atom. The molecule has 8 heteroatoms. The molecule has 3 aromatic rings. The van der Waals surface area contributed by atoms with Crippen molar-refractivity contribution in [2.75, 3.05) is 10.3 Å². The van der Waals surface area contributed by atoms with Crippen LogP contribution in [0.5, 0.6) is 5.75 Å². The van der Waals surface area contributed by atoms with Gasteiger partial charge in [0.15, 0.2) is 0 Å². The number of amidine groups is 1. The minimum Gasteiger partial charge on any atom is -0.489 e. The summed E-state index contributed by atoms with van der Waals surface area (Å²) in [5.74, 6) is -0.0161. The predicted molar refractivity (Wildman–Crippen MR) is 129 cm³/mol. The molecule has 0 radical (unpaired) electrons. The van der Waals surface area contributed by atoms with Crippen LogP contribution in [0.25, 0.3) is 0 Å². The molecule has 0 saturated heterocycles. The number of nitrogens with one attached hydrogen (secondary N) is 2. The number of anilines is 2. The van der Waals surface area contributed by atoms with Crippen LogP contribution >= 0.6 is 0 Å². The van der Waals surface area contributed by atoms with E-state index in [0.717, 1.165) is 11.1 Å². The summed E-state index contributed by atoms with van der Waals surface area (Å²) in [5.41, 5.74) is 5.72. The van der Waals surface area contributed by atoms with Crippen molar-refractivity contribution in [1.29, 1.82) is 5.26 Å². The van der Waals surface area contributed by atoms with E-state index in [2.05, 4.69) is 21.8 Å². The summed E-state index contributed by atoms with van der Waals surface area (Å²) in [7, 11) is 0. The molecule has 8 nitrogen and oxygen atoms in total. The molecule has 0 saturated carbocycles. The summed E-state index contributed by atoms with van der Waals surface area (Å²) in [5, 5.41) is 13.0. The Morgan fingerprint density at radius 1 is 1.09 bits per heavy atom. The lowest BCUT2D eigenvalue weighted by atomic mass is 10.1. The average Bonchev–Trinajstić information content (AvgIpc) is 2.86. The number of hydrogen-bond acceptors (Lipinski definition) is 6. The standard InChI is InChI=1S/C26H23N5O3/c1-18-26(33)31(21-8-3-2-4-9-21)30-24(28-18)25(32)29-23-10-6-5-7-20(23)17-34-22-13-11-19(12-14-22)15-16-27/h2-14,18H,15,17H2,1H3,(H,28,30)(H,29,32). The van der Waals surface area contributed by atoms with Gasteiger partial charge < -0.3 is 10.1 Å². The number of carbonyl (C=O) groups is 2. The van der Waals surface area contributed by atoms with Crippen molar-refractivity contribution in [3.8, 4) is 11.8 Å². The van der Waals surface area contributed by atoms with Gasteiger partial charge in [-0.3, -0.25) is 15.0 Å². The minimum atomic E-state index is -0.704. The number of benzene rings is 3. The molecule has 2 N–H and O–H groups in total. The highest BCUT2D eigenvalue weighted by Crippen LogP contribution is 2.20. The molecule has 1 aliphatic rings. The molecule has 0 bridgehead atoms. The predicted octanol–water partition coefficient (Wildman–Crippen LogP) is 3.61. The van der Waals surface area contributed by atoms with Gasteiger partial charge in [0.25, 0.3) is 11.8 Å². The number of hydrogen-bond donors (Lipinski definition) is 2.